The number of carbonyl (C=O) groups is 1. The number of rotatable bonds is 6. The summed E-state index contributed by atoms with van der Waals surface area (Å²) in [6, 6.07) is 12.4. The largest absolute Gasteiger partial charge is 0.493 e. The van der Waals surface area contributed by atoms with E-state index in [0.717, 1.165) is 18.4 Å². The minimum atomic E-state index is -0.533. The molecule has 0 atom stereocenters. The van der Waals surface area contributed by atoms with Crippen molar-refractivity contribution in [2.75, 3.05) is 6.61 Å². The number of para-hydroxylation sites is 1. The smallest absolute Gasteiger partial charge is 0.363 e. The van der Waals surface area contributed by atoms with Gasteiger partial charge in [-0.2, -0.15) is 0 Å². The van der Waals surface area contributed by atoms with Crippen molar-refractivity contribution in [3.63, 3.8) is 0 Å². The molecule has 3 rings (SSSR count). The molecule has 4 nitrogen and oxygen atoms in total. The Morgan fingerprint density at radius 1 is 1.19 bits per heavy atom. The van der Waals surface area contributed by atoms with E-state index < -0.39 is 5.97 Å². The first-order chi connectivity index (χ1) is 12.6. The van der Waals surface area contributed by atoms with Gasteiger partial charge in [0.1, 0.15) is 5.75 Å². The predicted octanol–water partition coefficient (Wildman–Crippen LogP) is 5.52. The molecule has 0 aromatic heterocycles. The van der Waals surface area contributed by atoms with Gasteiger partial charge in [-0.15, -0.1) is 0 Å². The van der Waals surface area contributed by atoms with E-state index in [1.54, 1.807) is 24.3 Å². The van der Waals surface area contributed by atoms with Crippen LogP contribution in [0.25, 0.3) is 6.08 Å². The molecule has 0 radical (unpaired) electrons. The van der Waals surface area contributed by atoms with Gasteiger partial charge in [0.25, 0.3) is 0 Å². The topological polar surface area (TPSA) is 47.9 Å². The van der Waals surface area contributed by atoms with E-state index in [9.17, 15) is 4.79 Å². The summed E-state index contributed by atoms with van der Waals surface area (Å²) in [6.07, 6.45) is 3.66. The van der Waals surface area contributed by atoms with Crippen LogP contribution in [-0.4, -0.2) is 18.5 Å². The van der Waals surface area contributed by atoms with Crippen molar-refractivity contribution in [3.05, 3.63) is 69.3 Å². The van der Waals surface area contributed by atoms with Gasteiger partial charge in [0.15, 0.2) is 5.70 Å². The molecule has 1 aliphatic rings. The van der Waals surface area contributed by atoms with Gasteiger partial charge in [-0.25, -0.2) is 9.79 Å². The molecule has 0 spiro atoms. The van der Waals surface area contributed by atoms with Crippen molar-refractivity contribution in [2.45, 2.75) is 19.8 Å². The average Bonchev–Trinajstić information content (AvgIpc) is 2.97. The molecular weight excluding hydrogens is 373 g/mol. The molecule has 0 N–H and O–H groups in total. The summed E-state index contributed by atoms with van der Waals surface area (Å²) in [5, 5.41) is 0.867. The molecule has 0 amide bonds. The van der Waals surface area contributed by atoms with Gasteiger partial charge in [0.05, 0.1) is 17.2 Å². The second-order valence-corrected chi connectivity index (χ2v) is 6.54. The van der Waals surface area contributed by atoms with Gasteiger partial charge >= 0.3 is 5.97 Å². The minimum Gasteiger partial charge on any atom is -0.493 e. The molecule has 6 heteroatoms. The number of halogens is 2. The van der Waals surface area contributed by atoms with E-state index in [1.807, 2.05) is 24.3 Å². The molecule has 1 aliphatic heterocycles. The molecule has 26 heavy (non-hydrogen) atoms. The summed E-state index contributed by atoms with van der Waals surface area (Å²) in [5.41, 5.74) is 1.47. The van der Waals surface area contributed by atoms with Gasteiger partial charge in [0.2, 0.25) is 5.90 Å². The van der Waals surface area contributed by atoms with Gasteiger partial charge in [-0.05, 0) is 36.8 Å². The number of hydrogen-bond acceptors (Lipinski definition) is 4. The maximum absolute atomic E-state index is 12.2. The number of hydrogen-bond donors (Lipinski definition) is 0. The first-order valence-electron chi connectivity index (χ1n) is 8.28. The Bertz CT molecular complexity index is 890. The zero-order chi connectivity index (χ0) is 18.5. The maximum atomic E-state index is 12.2. The number of nitrogens with zero attached hydrogens (tertiary/aromatic N) is 1. The molecule has 0 saturated carbocycles. The standard InChI is InChI=1S/C20H17Cl2NO3/c1-2-3-10-25-18-7-5-4-6-13(18)11-17-20(24)26-19(23-17)15-9-8-14(21)12-16(15)22/h4-9,11-12H,2-3,10H2,1H3/b17-11-. The van der Waals surface area contributed by atoms with E-state index in [-0.39, 0.29) is 11.6 Å². The molecule has 0 saturated heterocycles. The summed E-state index contributed by atoms with van der Waals surface area (Å²) in [5.74, 6) is 0.330. The first kappa shape index (κ1) is 18.5. The zero-order valence-corrected chi connectivity index (χ0v) is 15.7. The Morgan fingerprint density at radius 3 is 2.77 bits per heavy atom. The van der Waals surface area contributed by atoms with Crippen molar-refractivity contribution < 1.29 is 14.3 Å². The zero-order valence-electron chi connectivity index (χ0n) is 14.2. The molecule has 1 heterocycles. The lowest BCUT2D eigenvalue weighted by Gasteiger charge is -2.08. The van der Waals surface area contributed by atoms with E-state index in [4.69, 9.17) is 32.7 Å². The van der Waals surface area contributed by atoms with Crippen LogP contribution in [0.2, 0.25) is 10.0 Å². The molecule has 0 bridgehead atoms. The van der Waals surface area contributed by atoms with Crippen molar-refractivity contribution >= 4 is 41.1 Å². The molecule has 134 valence electrons. The SMILES string of the molecule is CCCCOc1ccccc1/C=C1\N=C(c2ccc(Cl)cc2Cl)OC1=O. The predicted molar refractivity (Wildman–Crippen MR) is 104 cm³/mol. The highest BCUT2D eigenvalue weighted by Crippen LogP contribution is 2.28. The highest BCUT2D eigenvalue weighted by molar-refractivity contribution is 6.37. The number of carbonyl (C=O) groups excluding carboxylic acids is 1. The average molecular weight is 390 g/mol. The van der Waals surface area contributed by atoms with Crippen LogP contribution in [-0.2, 0) is 9.53 Å². The van der Waals surface area contributed by atoms with Gasteiger partial charge in [-0.3, -0.25) is 0 Å². The monoisotopic (exact) mass is 389 g/mol. The highest BCUT2D eigenvalue weighted by Gasteiger charge is 2.26. The minimum absolute atomic E-state index is 0.160. The molecule has 0 aliphatic carbocycles. The van der Waals surface area contributed by atoms with Crippen LogP contribution in [0.3, 0.4) is 0 Å². The van der Waals surface area contributed by atoms with Crippen LogP contribution in [0.5, 0.6) is 5.75 Å². The van der Waals surface area contributed by atoms with Crippen molar-refractivity contribution in [3.8, 4) is 5.75 Å². The van der Waals surface area contributed by atoms with Crippen molar-refractivity contribution in [2.24, 2.45) is 4.99 Å². The molecule has 0 unspecified atom stereocenters. The second kappa shape index (κ2) is 8.39. The first-order valence-corrected chi connectivity index (χ1v) is 9.04. The normalized spacial score (nSPS) is 15.1. The lowest BCUT2D eigenvalue weighted by Crippen LogP contribution is -2.06. The Labute approximate surface area is 162 Å². The quantitative estimate of drug-likeness (QED) is 0.371. The fraction of sp³-hybridized carbons (Fsp3) is 0.200. The van der Waals surface area contributed by atoms with E-state index in [2.05, 4.69) is 11.9 Å². The van der Waals surface area contributed by atoms with E-state index in [1.165, 1.54) is 0 Å². The fourth-order valence-electron chi connectivity index (χ4n) is 2.39. The Hall–Kier alpha value is -2.30. The Morgan fingerprint density at radius 2 is 2.00 bits per heavy atom. The summed E-state index contributed by atoms with van der Waals surface area (Å²) in [6.45, 7) is 2.72. The molecule has 2 aromatic rings. The molecule has 2 aromatic carbocycles. The van der Waals surface area contributed by atoms with Crippen LogP contribution >= 0.6 is 23.2 Å². The number of ether oxygens (including phenoxy) is 2. The van der Waals surface area contributed by atoms with Gasteiger partial charge < -0.3 is 9.47 Å². The van der Waals surface area contributed by atoms with Crippen molar-refractivity contribution in [1.82, 2.24) is 0 Å². The van der Waals surface area contributed by atoms with Gasteiger partial charge in [0, 0.05) is 10.6 Å². The molecular formula is C20H17Cl2NO3. The lowest BCUT2D eigenvalue weighted by atomic mass is 10.1. The fourth-order valence-corrected chi connectivity index (χ4v) is 2.88. The van der Waals surface area contributed by atoms with E-state index >= 15 is 0 Å². The third-order valence-corrected chi connectivity index (χ3v) is 4.30. The van der Waals surface area contributed by atoms with Crippen LogP contribution < -0.4 is 4.74 Å². The van der Waals surface area contributed by atoms with Crippen molar-refractivity contribution in [1.29, 1.82) is 0 Å². The number of esters is 1. The highest BCUT2D eigenvalue weighted by atomic mass is 35.5. The summed E-state index contributed by atoms with van der Waals surface area (Å²) in [4.78, 5) is 16.5. The second-order valence-electron chi connectivity index (χ2n) is 5.70. The van der Waals surface area contributed by atoms with Gasteiger partial charge in [-0.1, -0.05) is 54.7 Å². The maximum Gasteiger partial charge on any atom is 0.363 e. The van der Waals surface area contributed by atoms with Crippen LogP contribution in [0, 0.1) is 0 Å². The number of aliphatic imine (C=N–C) groups is 1. The Balaban J connectivity index is 1.89. The van der Waals surface area contributed by atoms with E-state index in [0.29, 0.717) is 28.0 Å². The Kier molecular flexibility index (Phi) is 5.96. The number of benzene rings is 2. The number of cyclic esters (lactones) is 1. The lowest BCUT2D eigenvalue weighted by molar-refractivity contribution is -0.129. The van der Waals surface area contributed by atoms with Crippen LogP contribution in [0.1, 0.15) is 30.9 Å². The number of unbranched alkanes of at least 4 members (excludes halogenated alkanes) is 1. The summed E-state index contributed by atoms with van der Waals surface area (Å²) in [7, 11) is 0. The molecule has 0 fully saturated rings. The summed E-state index contributed by atoms with van der Waals surface area (Å²) < 4.78 is 11.1. The third-order valence-electron chi connectivity index (χ3n) is 3.75. The third kappa shape index (κ3) is 4.26. The summed E-state index contributed by atoms with van der Waals surface area (Å²) >= 11 is 12.1. The van der Waals surface area contributed by atoms with Crippen LogP contribution in [0.15, 0.2) is 53.2 Å². The van der Waals surface area contributed by atoms with Crippen LogP contribution in [0.4, 0.5) is 0 Å².